The molecule has 92 valence electrons. The van der Waals surface area contributed by atoms with Crippen molar-refractivity contribution < 1.29 is 9.53 Å². The minimum atomic E-state index is -0.668. The van der Waals surface area contributed by atoms with E-state index in [1.54, 1.807) is 7.05 Å². The second-order valence-corrected chi connectivity index (χ2v) is 3.50. The Morgan fingerprint density at radius 1 is 1.35 bits per heavy atom. The monoisotopic (exact) mass is 238 g/mol. The fourth-order valence-corrected chi connectivity index (χ4v) is 1.49. The van der Waals surface area contributed by atoms with E-state index in [1.165, 1.54) is 0 Å². The van der Waals surface area contributed by atoms with Gasteiger partial charge in [0.25, 0.3) is 5.91 Å². The Morgan fingerprint density at radius 2 is 2.06 bits per heavy atom. The number of primary amides is 1. The summed E-state index contributed by atoms with van der Waals surface area (Å²) in [6, 6.07) is 0. The summed E-state index contributed by atoms with van der Waals surface area (Å²) in [4.78, 5) is 25.1. The summed E-state index contributed by atoms with van der Waals surface area (Å²) in [7, 11) is 1.67. The molecule has 2 rings (SSSR count). The molecule has 0 unspecified atom stereocenters. The van der Waals surface area contributed by atoms with E-state index in [4.69, 9.17) is 10.5 Å². The van der Waals surface area contributed by atoms with Crippen molar-refractivity contribution >= 4 is 17.8 Å². The Kier molecular flexibility index (Phi) is 3.33. The van der Waals surface area contributed by atoms with Gasteiger partial charge >= 0.3 is 0 Å². The number of nitrogens with two attached hydrogens (primary N) is 1. The van der Waals surface area contributed by atoms with Crippen molar-refractivity contribution in [1.82, 2.24) is 15.0 Å². The SMILES string of the molecule is CNc1nc(C(N)=O)nc(N2CCOCC2)n1. The second-order valence-electron chi connectivity index (χ2n) is 3.50. The summed E-state index contributed by atoms with van der Waals surface area (Å²) >= 11 is 0. The molecule has 0 radical (unpaired) electrons. The normalized spacial score (nSPS) is 15.7. The summed E-state index contributed by atoms with van der Waals surface area (Å²) in [6.07, 6.45) is 0. The standard InChI is InChI=1S/C9H14N6O2/c1-11-8-12-7(6(10)16)13-9(14-8)15-2-4-17-5-3-15/h2-5H2,1H3,(H2,10,16)(H,11,12,13,14). The zero-order valence-corrected chi connectivity index (χ0v) is 9.51. The van der Waals surface area contributed by atoms with Gasteiger partial charge in [-0.3, -0.25) is 4.79 Å². The molecule has 1 aromatic rings. The number of amides is 1. The zero-order valence-electron chi connectivity index (χ0n) is 9.51. The van der Waals surface area contributed by atoms with E-state index in [1.807, 2.05) is 4.90 Å². The number of hydrogen-bond acceptors (Lipinski definition) is 7. The topological polar surface area (TPSA) is 106 Å². The molecule has 17 heavy (non-hydrogen) atoms. The van der Waals surface area contributed by atoms with E-state index in [2.05, 4.69) is 20.3 Å². The number of aromatic nitrogens is 3. The highest BCUT2D eigenvalue weighted by molar-refractivity contribution is 5.89. The Balaban J connectivity index is 2.31. The van der Waals surface area contributed by atoms with Gasteiger partial charge in [0.15, 0.2) is 0 Å². The average molecular weight is 238 g/mol. The average Bonchev–Trinajstić information content (AvgIpc) is 2.39. The van der Waals surface area contributed by atoms with Crippen molar-refractivity contribution in [1.29, 1.82) is 0 Å². The van der Waals surface area contributed by atoms with Gasteiger partial charge in [0.2, 0.25) is 17.7 Å². The van der Waals surface area contributed by atoms with Crippen LogP contribution in [0.25, 0.3) is 0 Å². The molecule has 0 saturated carbocycles. The highest BCUT2D eigenvalue weighted by Gasteiger charge is 2.17. The van der Waals surface area contributed by atoms with Gasteiger partial charge in [0.1, 0.15) is 0 Å². The highest BCUT2D eigenvalue weighted by Crippen LogP contribution is 2.12. The lowest BCUT2D eigenvalue weighted by Gasteiger charge is -2.26. The molecule has 1 fully saturated rings. The second kappa shape index (κ2) is 4.91. The van der Waals surface area contributed by atoms with Crippen molar-refractivity contribution in [2.24, 2.45) is 5.73 Å². The predicted octanol–water partition coefficient (Wildman–Crippen LogP) is -1.15. The van der Waals surface area contributed by atoms with Gasteiger partial charge in [-0.05, 0) is 0 Å². The van der Waals surface area contributed by atoms with Crippen LogP contribution in [0.1, 0.15) is 10.6 Å². The maximum atomic E-state index is 11.1. The van der Waals surface area contributed by atoms with Gasteiger partial charge in [-0.25, -0.2) is 0 Å². The number of nitrogens with zero attached hydrogens (tertiary/aromatic N) is 4. The summed E-state index contributed by atoms with van der Waals surface area (Å²) < 4.78 is 5.24. The first-order valence-corrected chi connectivity index (χ1v) is 5.27. The summed E-state index contributed by atoms with van der Waals surface area (Å²) in [5.74, 6) is 0.0704. The van der Waals surface area contributed by atoms with Crippen molar-refractivity contribution in [2.45, 2.75) is 0 Å². The number of ether oxygens (including phenoxy) is 1. The molecule has 1 aliphatic heterocycles. The fraction of sp³-hybridized carbons (Fsp3) is 0.556. The number of carbonyl (C=O) groups excluding carboxylic acids is 1. The molecule has 2 heterocycles. The quantitative estimate of drug-likeness (QED) is 0.684. The van der Waals surface area contributed by atoms with Crippen LogP contribution in [0.3, 0.4) is 0 Å². The van der Waals surface area contributed by atoms with Crippen molar-refractivity contribution in [3.05, 3.63) is 5.82 Å². The molecule has 8 heteroatoms. The van der Waals surface area contributed by atoms with Crippen LogP contribution in [0.4, 0.5) is 11.9 Å². The predicted molar refractivity (Wildman–Crippen MR) is 60.9 cm³/mol. The lowest BCUT2D eigenvalue weighted by atomic mass is 10.4. The molecule has 0 spiro atoms. The van der Waals surface area contributed by atoms with E-state index in [-0.39, 0.29) is 5.82 Å². The molecule has 0 bridgehead atoms. The van der Waals surface area contributed by atoms with Crippen LogP contribution in [0.15, 0.2) is 0 Å². The van der Waals surface area contributed by atoms with Crippen LogP contribution >= 0.6 is 0 Å². The molecule has 1 aliphatic rings. The van der Waals surface area contributed by atoms with Gasteiger partial charge in [-0.1, -0.05) is 0 Å². The number of morpholine rings is 1. The molecule has 8 nitrogen and oxygen atoms in total. The Labute approximate surface area is 98.2 Å². The van der Waals surface area contributed by atoms with Crippen LogP contribution in [0.5, 0.6) is 0 Å². The Bertz CT molecular complexity index is 418. The van der Waals surface area contributed by atoms with Crippen LogP contribution in [0, 0.1) is 0 Å². The lowest BCUT2D eigenvalue weighted by molar-refractivity contribution is 0.0990. The van der Waals surface area contributed by atoms with Crippen molar-refractivity contribution in [2.75, 3.05) is 43.6 Å². The largest absolute Gasteiger partial charge is 0.378 e. The van der Waals surface area contributed by atoms with E-state index < -0.39 is 5.91 Å². The van der Waals surface area contributed by atoms with E-state index in [0.717, 1.165) is 0 Å². The number of hydrogen-bond donors (Lipinski definition) is 2. The van der Waals surface area contributed by atoms with Gasteiger partial charge in [-0.15, -0.1) is 0 Å². The zero-order chi connectivity index (χ0) is 12.3. The van der Waals surface area contributed by atoms with E-state index >= 15 is 0 Å². The third kappa shape index (κ3) is 2.59. The first-order chi connectivity index (χ1) is 8.20. The van der Waals surface area contributed by atoms with Gasteiger partial charge < -0.3 is 20.7 Å². The number of anilines is 2. The Hall–Kier alpha value is -1.96. The third-order valence-electron chi connectivity index (χ3n) is 2.36. The lowest BCUT2D eigenvalue weighted by Crippen LogP contribution is -2.38. The number of nitrogens with one attached hydrogen (secondary N) is 1. The maximum absolute atomic E-state index is 11.1. The first-order valence-electron chi connectivity index (χ1n) is 5.27. The molecular weight excluding hydrogens is 224 g/mol. The van der Waals surface area contributed by atoms with Crippen molar-refractivity contribution in [3.8, 4) is 0 Å². The van der Waals surface area contributed by atoms with Gasteiger partial charge in [0, 0.05) is 20.1 Å². The van der Waals surface area contributed by atoms with Crippen molar-refractivity contribution in [3.63, 3.8) is 0 Å². The molecule has 1 amide bonds. The molecule has 0 aromatic carbocycles. The van der Waals surface area contributed by atoms with Gasteiger partial charge in [0.05, 0.1) is 13.2 Å². The number of rotatable bonds is 3. The molecule has 0 aliphatic carbocycles. The molecule has 1 aromatic heterocycles. The number of carbonyl (C=O) groups is 1. The minimum absolute atomic E-state index is 0.0363. The summed E-state index contributed by atoms with van der Waals surface area (Å²) in [6.45, 7) is 2.61. The van der Waals surface area contributed by atoms with Crippen LogP contribution < -0.4 is 16.0 Å². The maximum Gasteiger partial charge on any atom is 0.286 e. The first kappa shape index (κ1) is 11.5. The van der Waals surface area contributed by atoms with Crippen LogP contribution in [0.2, 0.25) is 0 Å². The summed E-state index contributed by atoms with van der Waals surface area (Å²) in [5, 5.41) is 2.77. The van der Waals surface area contributed by atoms with Gasteiger partial charge in [-0.2, -0.15) is 15.0 Å². The highest BCUT2D eigenvalue weighted by atomic mass is 16.5. The molecule has 1 saturated heterocycles. The molecule has 3 N–H and O–H groups in total. The minimum Gasteiger partial charge on any atom is -0.378 e. The summed E-state index contributed by atoms with van der Waals surface area (Å²) in [5.41, 5.74) is 5.17. The smallest absolute Gasteiger partial charge is 0.286 e. The van der Waals surface area contributed by atoms with E-state index in [9.17, 15) is 4.79 Å². The molecule has 0 atom stereocenters. The fourth-order valence-electron chi connectivity index (χ4n) is 1.49. The van der Waals surface area contributed by atoms with E-state index in [0.29, 0.717) is 38.2 Å². The Morgan fingerprint density at radius 3 is 2.65 bits per heavy atom. The molecular formula is C9H14N6O2. The third-order valence-corrected chi connectivity index (χ3v) is 2.36. The van der Waals surface area contributed by atoms with Crippen LogP contribution in [-0.4, -0.2) is 54.2 Å². The van der Waals surface area contributed by atoms with Crippen LogP contribution in [-0.2, 0) is 4.74 Å².